The quantitative estimate of drug-likeness (QED) is 0.517. The van der Waals surface area contributed by atoms with Gasteiger partial charge in [0.15, 0.2) is 21.3 Å². The summed E-state index contributed by atoms with van der Waals surface area (Å²) in [5.41, 5.74) is 1.04. The molecule has 4 rings (SSSR count). The van der Waals surface area contributed by atoms with Gasteiger partial charge in [0.05, 0.1) is 37.2 Å². The predicted octanol–water partition coefficient (Wildman–Crippen LogP) is 3.60. The van der Waals surface area contributed by atoms with Crippen LogP contribution in [0.5, 0.6) is 17.2 Å². The Morgan fingerprint density at radius 3 is 2.42 bits per heavy atom. The van der Waals surface area contributed by atoms with E-state index in [1.54, 1.807) is 54.6 Å². The lowest BCUT2D eigenvalue weighted by atomic mass is 10.1. The van der Waals surface area contributed by atoms with Gasteiger partial charge < -0.3 is 24.4 Å². The first-order valence-electron chi connectivity index (χ1n) is 11.1. The molecule has 0 spiro atoms. The molecular weight excluding hydrogens is 484 g/mol. The van der Waals surface area contributed by atoms with E-state index in [2.05, 4.69) is 5.32 Å². The van der Waals surface area contributed by atoms with Crippen LogP contribution in [0, 0.1) is 0 Å². The highest BCUT2D eigenvalue weighted by Gasteiger charge is 2.40. The maximum Gasteiger partial charge on any atom is 0.244 e. The number of amides is 2. The molecule has 2 amide bonds. The highest BCUT2D eigenvalue weighted by Crippen LogP contribution is 2.42. The molecule has 1 aliphatic rings. The SMILES string of the molecule is COc1cccc(NC(=O)CN2C(=O)CC(c3ccc(OC)c(OC)c3)S(=O)(=O)c3ccccc32)c1. The fourth-order valence-electron chi connectivity index (χ4n) is 4.16. The maximum absolute atomic E-state index is 13.8. The average molecular weight is 511 g/mol. The molecular formula is C26H26N2O7S. The number of hydrogen-bond donors (Lipinski definition) is 1. The van der Waals surface area contributed by atoms with Gasteiger partial charge in [0.1, 0.15) is 12.3 Å². The minimum atomic E-state index is -3.99. The van der Waals surface area contributed by atoms with Crippen LogP contribution in [0.2, 0.25) is 0 Å². The van der Waals surface area contributed by atoms with E-state index in [9.17, 15) is 18.0 Å². The van der Waals surface area contributed by atoms with Crippen LogP contribution in [0.4, 0.5) is 11.4 Å². The van der Waals surface area contributed by atoms with Crippen LogP contribution in [0.1, 0.15) is 17.2 Å². The molecule has 188 valence electrons. The fraction of sp³-hybridized carbons (Fsp3) is 0.231. The van der Waals surface area contributed by atoms with Gasteiger partial charge in [-0.1, -0.05) is 24.3 Å². The third-order valence-corrected chi connectivity index (χ3v) is 8.08. The lowest BCUT2D eigenvalue weighted by Gasteiger charge is -2.22. The second-order valence-electron chi connectivity index (χ2n) is 8.08. The zero-order chi connectivity index (χ0) is 25.9. The van der Waals surface area contributed by atoms with Crippen molar-refractivity contribution in [1.29, 1.82) is 0 Å². The lowest BCUT2D eigenvalue weighted by molar-refractivity contribution is -0.121. The van der Waals surface area contributed by atoms with E-state index in [1.807, 2.05) is 0 Å². The van der Waals surface area contributed by atoms with Gasteiger partial charge in [0.2, 0.25) is 11.8 Å². The number of ether oxygens (including phenoxy) is 3. The van der Waals surface area contributed by atoms with Crippen molar-refractivity contribution in [2.45, 2.75) is 16.6 Å². The molecule has 0 aliphatic carbocycles. The fourth-order valence-corrected chi connectivity index (χ4v) is 6.07. The first-order chi connectivity index (χ1) is 17.3. The molecule has 0 fully saturated rings. The molecule has 1 unspecified atom stereocenters. The number of nitrogens with zero attached hydrogens (tertiary/aromatic N) is 1. The molecule has 3 aromatic carbocycles. The van der Waals surface area contributed by atoms with Crippen molar-refractivity contribution in [1.82, 2.24) is 0 Å². The third kappa shape index (κ3) is 4.85. The molecule has 36 heavy (non-hydrogen) atoms. The predicted molar refractivity (Wildman–Crippen MR) is 135 cm³/mol. The molecule has 1 aliphatic heterocycles. The van der Waals surface area contributed by atoms with Gasteiger partial charge in [0, 0.05) is 18.2 Å². The highest BCUT2D eigenvalue weighted by molar-refractivity contribution is 7.92. The second-order valence-corrected chi connectivity index (χ2v) is 10.2. The van der Waals surface area contributed by atoms with Gasteiger partial charge in [0.25, 0.3) is 0 Å². The summed E-state index contributed by atoms with van der Waals surface area (Å²) in [7, 11) is 0.454. The topological polar surface area (TPSA) is 111 Å². The number of sulfone groups is 1. The Balaban J connectivity index is 1.69. The minimum absolute atomic E-state index is 0.0233. The van der Waals surface area contributed by atoms with E-state index >= 15 is 0 Å². The van der Waals surface area contributed by atoms with Crippen LogP contribution in [0.25, 0.3) is 0 Å². The molecule has 0 bridgehead atoms. The summed E-state index contributed by atoms with van der Waals surface area (Å²) in [5.74, 6) is 0.380. The number of carbonyl (C=O) groups excluding carboxylic acids is 2. The molecule has 0 aromatic heterocycles. The smallest absolute Gasteiger partial charge is 0.244 e. The molecule has 10 heteroatoms. The number of rotatable bonds is 7. The first-order valence-corrected chi connectivity index (χ1v) is 12.6. The van der Waals surface area contributed by atoms with Gasteiger partial charge in [-0.3, -0.25) is 9.59 Å². The number of methoxy groups -OCH3 is 3. The van der Waals surface area contributed by atoms with Gasteiger partial charge >= 0.3 is 0 Å². The number of carbonyl (C=O) groups is 2. The zero-order valence-corrected chi connectivity index (χ0v) is 20.9. The van der Waals surface area contributed by atoms with E-state index in [-0.39, 0.29) is 23.5 Å². The van der Waals surface area contributed by atoms with Crippen LogP contribution in [0.15, 0.2) is 71.6 Å². The summed E-state index contributed by atoms with van der Waals surface area (Å²) >= 11 is 0. The summed E-state index contributed by atoms with van der Waals surface area (Å²) in [6, 6.07) is 17.8. The number of nitrogens with one attached hydrogen (secondary N) is 1. The standard InChI is InChI=1S/C26H26N2O7S/c1-33-19-8-6-7-18(14-19)27-25(29)16-28-20-9-4-5-10-23(20)36(31,32)24(15-26(28)30)17-11-12-21(34-2)22(13-17)35-3/h4-14,24H,15-16H2,1-3H3,(H,27,29). The molecule has 1 heterocycles. The number of para-hydroxylation sites is 1. The summed E-state index contributed by atoms with van der Waals surface area (Å²) < 4.78 is 43.3. The Kier molecular flexibility index (Phi) is 7.16. The summed E-state index contributed by atoms with van der Waals surface area (Å²) in [6.07, 6.45) is -0.348. The Bertz CT molecular complexity index is 1400. The third-order valence-electron chi connectivity index (χ3n) is 5.93. The van der Waals surface area contributed by atoms with E-state index in [1.165, 1.54) is 38.4 Å². The number of anilines is 2. The van der Waals surface area contributed by atoms with Crippen molar-refractivity contribution >= 4 is 33.0 Å². The van der Waals surface area contributed by atoms with Gasteiger partial charge in [-0.25, -0.2) is 8.42 Å². The highest BCUT2D eigenvalue weighted by atomic mass is 32.2. The van der Waals surface area contributed by atoms with E-state index in [0.29, 0.717) is 28.5 Å². The monoisotopic (exact) mass is 510 g/mol. The Morgan fingerprint density at radius 1 is 0.944 bits per heavy atom. The normalized spacial score (nSPS) is 16.5. The van der Waals surface area contributed by atoms with Crippen molar-refractivity contribution in [3.05, 3.63) is 72.3 Å². The minimum Gasteiger partial charge on any atom is -0.497 e. The van der Waals surface area contributed by atoms with Crippen LogP contribution in [0.3, 0.4) is 0 Å². The molecule has 9 nitrogen and oxygen atoms in total. The van der Waals surface area contributed by atoms with Gasteiger partial charge in [-0.05, 0) is 42.0 Å². The molecule has 1 atom stereocenters. The molecule has 0 saturated carbocycles. The van der Waals surface area contributed by atoms with Crippen molar-refractivity contribution in [2.24, 2.45) is 0 Å². The van der Waals surface area contributed by atoms with Crippen molar-refractivity contribution in [3.8, 4) is 17.2 Å². The van der Waals surface area contributed by atoms with E-state index in [0.717, 1.165) is 0 Å². The zero-order valence-electron chi connectivity index (χ0n) is 20.1. The van der Waals surface area contributed by atoms with Gasteiger partial charge in [-0.2, -0.15) is 0 Å². The average Bonchev–Trinajstić information content (AvgIpc) is 2.97. The first kappa shape index (κ1) is 25.1. The maximum atomic E-state index is 13.8. The lowest BCUT2D eigenvalue weighted by Crippen LogP contribution is -2.38. The molecule has 0 radical (unpaired) electrons. The van der Waals surface area contributed by atoms with Crippen molar-refractivity contribution in [3.63, 3.8) is 0 Å². The van der Waals surface area contributed by atoms with Crippen LogP contribution in [-0.4, -0.2) is 48.1 Å². The van der Waals surface area contributed by atoms with Crippen LogP contribution >= 0.6 is 0 Å². The summed E-state index contributed by atoms with van der Waals surface area (Å²) in [4.78, 5) is 27.5. The summed E-state index contributed by atoms with van der Waals surface area (Å²) in [6.45, 7) is -0.360. The van der Waals surface area contributed by atoms with E-state index in [4.69, 9.17) is 14.2 Å². The molecule has 0 saturated heterocycles. The number of benzene rings is 3. The summed E-state index contributed by atoms with van der Waals surface area (Å²) in [5, 5.41) is 1.57. The van der Waals surface area contributed by atoms with Crippen LogP contribution in [-0.2, 0) is 19.4 Å². The Labute approximate surface area is 209 Å². The van der Waals surface area contributed by atoms with Crippen LogP contribution < -0.4 is 24.4 Å². The van der Waals surface area contributed by atoms with Gasteiger partial charge in [-0.15, -0.1) is 0 Å². The Morgan fingerprint density at radius 2 is 1.69 bits per heavy atom. The second kappa shape index (κ2) is 10.3. The largest absolute Gasteiger partial charge is 0.497 e. The Hall–Kier alpha value is -4.05. The molecule has 1 N–H and O–H groups in total. The van der Waals surface area contributed by atoms with Crippen molar-refractivity contribution in [2.75, 3.05) is 38.1 Å². The van der Waals surface area contributed by atoms with Crippen molar-refractivity contribution < 1.29 is 32.2 Å². The number of hydrogen-bond acceptors (Lipinski definition) is 7. The number of fused-ring (bicyclic) bond motifs is 1. The molecule has 3 aromatic rings. The van der Waals surface area contributed by atoms with E-state index < -0.39 is 26.9 Å².